The molecule has 10 aromatic heterocycles. The minimum atomic E-state index is 0.606. The van der Waals surface area contributed by atoms with Gasteiger partial charge in [0.15, 0.2) is 34.9 Å². The van der Waals surface area contributed by atoms with Crippen LogP contribution in [0.4, 0.5) is 0 Å². The van der Waals surface area contributed by atoms with E-state index in [0.29, 0.717) is 34.9 Å². The van der Waals surface area contributed by atoms with Crippen molar-refractivity contribution in [2.45, 2.75) is 0 Å². The predicted octanol–water partition coefficient (Wildman–Crippen LogP) is 31.1. The van der Waals surface area contributed by atoms with Crippen LogP contribution in [0.2, 0.25) is 0 Å². The molecule has 0 radical (unpaired) electrons. The van der Waals surface area contributed by atoms with Crippen molar-refractivity contribution in [1.29, 1.82) is 0 Å². The highest BCUT2D eigenvalue weighted by molar-refractivity contribution is 7.27. The number of hydrogen-bond acceptors (Lipinski definition) is 10. The maximum Gasteiger partial charge on any atom is 0.164 e. The van der Waals surface area contributed by atoms with Crippen LogP contribution >= 0.6 is 34.0 Å². The van der Waals surface area contributed by atoms with E-state index < -0.39 is 0 Å². The Hall–Kier alpha value is -16.4. The van der Waals surface area contributed by atoms with Gasteiger partial charge in [-0.3, -0.25) is 0 Å². The first-order valence-corrected chi connectivity index (χ1v) is 45.3. The van der Waals surface area contributed by atoms with Gasteiger partial charge in [-0.05, 0) is 146 Å². The quantitative estimate of drug-likeness (QED) is 0.134. The molecule has 0 atom stereocenters. The molecule has 0 bridgehead atoms. The molecule has 28 rings (SSSR count). The van der Waals surface area contributed by atoms with Crippen LogP contribution in [0.1, 0.15) is 0 Å². The van der Waals surface area contributed by atoms with Crippen molar-refractivity contribution >= 4 is 204 Å². The number of nitrogens with zero attached hydrogens (tertiary/aromatic N) is 10. The molecule has 0 aliphatic heterocycles. The Morgan fingerprint density at radius 1 is 0.172 bits per heavy atom. The monoisotopic (exact) mass is 1690 g/mol. The van der Waals surface area contributed by atoms with Gasteiger partial charge in [-0.2, -0.15) is 0 Å². The second kappa shape index (κ2) is 28.6. The summed E-state index contributed by atoms with van der Waals surface area (Å²) in [6.45, 7) is 0. The Morgan fingerprint density at radius 3 is 0.898 bits per heavy atom. The highest BCUT2D eigenvalue weighted by Crippen LogP contribution is 2.49. The van der Waals surface area contributed by atoms with Crippen LogP contribution < -0.4 is 0 Å². The Balaban J connectivity index is 0.000000132. The number of para-hydroxylation sites is 4. The van der Waals surface area contributed by atoms with Gasteiger partial charge >= 0.3 is 0 Å². The molecule has 11 nitrogen and oxygen atoms in total. The van der Waals surface area contributed by atoms with E-state index in [1.807, 2.05) is 143 Å². The van der Waals surface area contributed by atoms with Crippen LogP contribution in [0.3, 0.4) is 0 Å². The molecule has 0 aliphatic carbocycles. The van der Waals surface area contributed by atoms with Crippen LogP contribution in [0.25, 0.3) is 261 Å². The zero-order valence-corrected chi connectivity index (χ0v) is 70.7. The molecule has 14 heteroatoms. The number of rotatable bonds is 10. The van der Waals surface area contributed by atoms with Gasteiger partial charge in [0.2, 0.25) is 0 Å². The van der Waals surface area contributed by atoms with Crippen molar-refractivity contribution < 1.29 is 4.42 Å². The number of aromatic nitrogens is 10. The highest BCUT2D eigenvalue weighted by atomic mass is 32.1. The van der Waals surface area contributed by atoms with E-state index in [2.05, 4.69) is 309 Å². The summed E-state index contributed by atoms with van der Waals surface area (Å²) >= 11 is 5.59. The van der Waals surface area contributed by atoms with Gasteiger partial charge in [0.25, 0.3) is 0 Å². The number of hydrogen-bond donors (Lipinski definition) is 0. The summed E-state index contributed by atoms with van der Waals surface area (Å²) in [6, 6.07) is 143. The van der Waals surface area contributed by atoms with Gasteiger partial charge in [0.1, 0.15) is 11.2 Å². The van der Waals surface area contributed by atoms with Crippen molar-refractivity contribution in [2.75, 3.05) is 0 Å². The van der Waals surface area contributed by atoms with Gasteiger partial charge in [0.05, 0.1) is 53.5 Å². The molecule has 0 N–H and O–H groups in total. The first-order valence-electron chi connectivity index (χ1n) is 42.9. The van der Waals surface area contributed by atoms with Crippen LogP contribution in [0, 0.1) is 0 Å². The zero-order valence-electron chi connectivity index (χ0n) is 68.2. The Bertz CT molecular complexity index is 8830. The predicted molar refractivity (Wildman–Crippen MR) is 536 cm³/mol. The second-order valence-corrected chi connectivity index (χ2v) is 35.9. The molecule has 0 aliphatic rings. The molecule has 596 valence electrons. The van der Waals surface area contributed by atoms with Gasteiger partial charge in [-0.25, -0.2) is 29.9 Å². The fourth-order valence-electron chi connectivity index (χ4n) is 19.7. The Kier molecular flexibility index (Phi) is 16.1. The lowest BCUT2D eigenvalue weighted by Crippen LogP contribution is -2.00. The fraction of sp³-hybridized carbons (Fsp3) is 0. The van der Waals surface area contributed by atoms with Crippen molar-refractivity contribution in [2.24, 2.45) is 0 Å². The lowest BCUT2D eigenvalue weighted by atomic mass is 10.1. The van der Waals surface area contributed by atoms with Gasteiger partial charge < -0.3 is 22.7 Å². The third-order valence-electron chi connectivity index (χ3n) is 25.5. The molecule has 28 aromatic rings. The van der Waals surface area contributed by atoms with Gasteiger partial charge in [-0.1, -0.05) is 255 Å². The summed E-state index contributed by atoms with van der Waals surface area (Å²) in [5, 5.41) is 19.5. The average Bonchev–Trinajstić information content (AvgIpc) is 1.55. The van der Waals surface area contributed by atoms with Crippen molar-refractivity contribution in [3.63, 3.8) is 0 Å². The summed E-state index contributed by atoms with van der Waals surface area (Å²) in [7, 11) is 0. The topological polar surface area (TPSA) is 110 Å². The molecule has 18 aromatic carbocycles. The minimum absolute atomic E-state index is 0.606. The summed E-state index contributed by atoms with van der Waals surface area (Å²) in [6.07, 6.45) is 0. The molecule has 0 saturated carbocycles. The lowest BCUT2D eigenvalue weighted by molar-refractivity contribution is 0.669. The summed E-state index contributed by atoms with van der Waals surface area (Å²) in [4.78, 5) is 30.0. The van der Waals surface area contributed by atoms with E-state index in [-0.39, 0.29) is 0 Å². The molecule has 128 heavy (non-hydrogen) atoms. The summed E-state index contributed by atoms with van der Waals surface area (Å²) in [5.41, 5.74) is 21.3. The Morgan fingerprint density at radius 2 is 0.453 bits per heavy atom. The molecule has 0 spiro atoms. The number of thiophene rings is 3. The van der Waals surface area contributed by atoms with Crippen LogP contribution in [0.5, 0.6) is 0 Å². The second-order valence-electron chi connectivity index (χ2n) is 32.7. The molecular weight excluding hydrogens is 1620 g/mol. The molecule has 0 amide bonds. The van der Waals surface area contributed by atoms with E-state index >= 15 is 0 Å². The van der Waals surface area contributed by atoms with Gasteiger partial charge in [-0.15, -0.1) is 34.0 Å². The smallest absolute Gasteiger partial charge is 0.164 e. The first kappa shape index (κ1) is 72.1. The molecular formula is C114H66N10OS3. The molecule has 0 fully saturated rings. The van der Waals surface area contributed by atoms with E-state index in [0.717, 1.165) is 89.1 Å². The first-order chi connectivity index (χ1) is 63.4. The van der Waals surface area contributed by atoms with E-state index in [1.165, 1.54) is 137 Å². The van der Waals surface area contributed by atoms with Gasteiger partial charge in [0, 0.05) is 161 Å². The standard InChI is InChI=1S/C57H33N5OS.C57H33N5S2/c1-3-13-34(14-4-1)55-58-56(35-15-5-2-6-16-35)60-57(59-55)36-23-29-50-45(31-36)46-33-37(25-30-51(46)63-50)61-47-20-10-8-18-40(47)44-32-38(24-28-49(44)61)62-48-21-11-7-17-39(48)42-26-27-43-41-19-9-12-22-52(41)64-54(43)53(42)62;1-3-13-34(14-4-1)55-58-56(35-15-5-2-6-16-35)60-57(59-55)36-23-29-51-45(31-36)46-33-37(25-30-52(46)63-51)61-47-20-10-8-18-40(47)44-32-38(24-28-49(44)61)62-48-21-11-7-17-39(48)42-26-27-43-41-19-9-12-22-50(41)64-54(43)53(42)62/h2*1-33H. The van der Waals surface area contributed by atoms with Crippen LogP contribution in [-0.2, 0) is 0 Å². The largest absolute Gasteiger partial charge is 0.456 e. The maximum absolute atomic E-state index is 6.49. The van der Waals surface area contributed by atoms with E-state index in [4.69, 9.17) is 34.3 Å². The molecule has 0 saturated heterocycles. The third-order valence-corrected chi connectivity index (χ3v) is 29.1. The third kappa shape index (κ3) is 11.4. The zero-order chi connectivity index (χ0) is 83.8. The SMILES string of the molecule is c1ccc(-c2nc(-c3ccccc3)nc(-c3ccc4oc5ccc(-n6c7ccccc7c7cc(-n8c9ccccc9c9ccc%10c%11ccccc%11sc%10c98)ccc76)cc5c4c3)n2)cc1.c1ccc(-c2nc(-c3ccccc3)nc(-c3ccc4sc5ccc(-n6c7ccccc7c7cc(-n8c9ccccc9c9ccc%10c%11ccccc%11sc%10c98)ccc76)cc5c4c3)n2)cc1. The maximum atomic E-state index is 6.49. The lowest BCUT2D eigenvalue weighted by Gasteiger charge is -2.11. The average molecular weight is 1690 g/mol. The minimum Gasteiger partial charge on any atom is -0.456 e. The normalized spacial score (nSPS) is 12.1. The number of benzene rings is 18. The fourth-order valence-corrected chi connectivity index (χ4v) is 23.3. The number of fused-ring (bicyclic) bond motifs is 26. The molecule has 10 heterocycles. The highest BCUT2D eigenvalue weighted by Gasteiger charge is 2.26. The van der Waals surface area contributed by atoms with Crippen molar-refractivity contribution in [1.82, 2.24) is 48.2 Å². The van der Waals surface area contributed by atoms with Crippen molar-refractivity contribution in [3.8, 4) is 91.1 Å². The molecule has 0 unspecified atom stereocenters. The summed E-state index contributed by atoms with van der Waals surface area (Å²) in [5.74, 6) is 3.83. The Labute approximate surface area is 742 Å². The summed E-state index contributed by atoms with van der Waals surface area (Å²) < 4.78 is 24.0. The number of furan rings is 1. The van der Waals surface area contributed by atoms with Crippen LogP contribution in [0.15, 0.2) is 405 Å². The van der Waals surface area contributed by atoms with Crippen molar-refractivity contribution in [3.05, 3.63) is 400 Å². The van der Waals surface area contributed by atoms with Crippen LogP contribution in [-0.4, -0.2) is 48.2 Å². The van der Waals surface area contributed by atoms with E-state index in [1.54, 1.807) is 0 Å². The van der Waals surface area contributed by atoms with E-state index in [9.17, 15) is 0 Å².